The molecule has 138 valence electrons. The number of amides is 1. The largest absolute Gasteiger partial charge is 0.481 e. The van der Waals surface area contributed by atoms with Crippen molar-refractivity contribution in [3.05, 3.63) is 23.9 Å². The number of likely N-dealkylation sites (tertiary alicyclic amines) is 1. The molecular formula is C16H23N3O5S. The first-order valence-electron chi connectivity index (χ1n) is 8.25. The Morgan fingerprint density at radius 2 is 1.96 bits per heavy atom. The molecule has 0 spiro atoms. The van der Waals surface area contributed by atoms with Gasteiger partial charge in [-0.15, -0.1) is 0 Å². The van der Waals surface area contributed by atoms with Gasteiger partial charge in [-0.05, 0) is 18.9 Å². The molecule has 1 aromatic heterocycles. The number of pyridine rings is 1. The summed E-state index contributed by atoms with van der Waals surface area (Å²) < 4.78 is 36.4. The van der Waals surface area contributed by atoms with Crippen molar-refractivity contribution in [2.24, 2.45) is 0 Å². The van der Waals surface area contributed by atoms with Gasteiger partial charge in [0.15, 0.2) is 0 Å². The first kappa shape index (κ1) is 18.1. The molecule has 0 saturated carbocycles. The maximum absolute atomic E-state index is 12.5. The molecule has 0 aromatic carbocycles. The fraction of sp³-hybridized carbons (Fsp3) is 0.625. The third kappa shape index (κ3) is 3.94. The van der Waals surface area contributed by atoms with E-state index in [1.165, 1.54) is 19.6 Å². The minimum Gasteiger partial charge on any atom is -0.481 e. The van der Waals surface area contributed by atoms with Crippen molar-refractivity contribution in [3.8, 4) is 5.88 Å². The van der Waals surface area contributed by atoms with E-state index in [-0.39, 0.29) is 18.0 Å². The number of hydrogen-bond acceptors (Lipinski definition) is 6. The van der Waals surface area contributed by atoms with Gasteiger partial charge in [0, 0.05) is 44.6 Å². The normalized spacial score (nSPS) is 19.7. The quantitative estimate of drug-likeness (QED) is 0.744. The minimum absolute atomic E-state index is 0.0475. The highest BCUT2D eigenvalue weighted by molar-refractivity contribution is 7.88. The molecule has 0 unspecified atom stereocenters. The van der Waals surface area contributed by atoms with E-state index in [4.69, 9.17) is 9.47 Å². The predicted octanol–water partition coefficient (Wildman–Crippen LogP) is 0.355. The summed E-state index contributed by atoms with van der Waals surface area (Å²) in [7, 11) is -1.82. The molecule has 0 N–H and O–H groups in total. The van der Waals surface area contributed by atoms with Crippen molar-refractivity contribution in [3.63, 3.8) is 0 Å². The maximum Gasteiger partial charge on any atom is 0.255 e. The van der Waals surface area contributed by atoms with Crippen LogP contribution in [0.15, 0.2) is 18.3 Å². The molecule has 2 aliphatic rings. The summed E-state index contributed by atoms with van der Waals surface area (Å²) in [5.74, 6) is 0.299. The summed E-state index contributed by atoms with van der Waals surface area (Å²) in [6.07, 6.45) is 4.10. The fourth-order valence-electron chi connectivity index (χ4n) is 3.37. The Bertz CT molecular complexity index is 710. The van der Waals surface area contributed by atoms with E-state index in [1.54, 1.807) is 21.3 Å². The van der Waals surface area contributed by atoms with Gasteiger partial charge in [0.25, 0.3) is 5.91 Å². The molecule has 9 heteroatoms. The number of ether oxygens (including phenoxy) is 2. The van der Waals surface area contributed by atoms with E-state index in [0.29, 0.717) is 50.6 Å². The van der Waals surface area contributed by atoms with Crippen molar-refractivity contribution in [1.82, 2.24) is 14.2 Å². The summed E-state index contributed by atoms with van der Waals surface area (Å²) in [6.45, 7) is 1.94. The molecule has 2 saturated heterocycles. The topological polar surface area (TPSA) is 89.0 Å². The third-order valence-corrected chi connectivity index (χ3v) is 6.00. The Hall–Kier alpha value is -1.71. The van der Waals surface area contributed by atoms with Gasteiger partial charge in [0.2, 0.25) is 15.9 Å². The molecular weight excluding hydrogens is 346 g/mol. The summed E-state index contributed by atoms with van der Waals surface area (Å²) in [4.78, 5) is 18.2. The first-order valence-corrected chi connectivity index (χ1v) is 10.1. The number of rotatable bonds is 5. The van der Waals surface area contributed by atoms with Crippen LogP contribution in [0, 0.1) is 0 Å². The van der Waals surface area contributed by atoms with Crippen molar-refractivity contribution < 1.29 is 22.7 Å². The van der Waals surface area contributed by atoms with E-state index in [9.17, 15) is 13.2 Å². The second-order valence-electron chi connectivity index (χ2n) is 6.39. The van der Waals surface area contributed by atoms with Crippen LogP contribution in [0.1, 0.15) is 23.2 Å². The molecule has 2 fully saturated rings. The average molecular weight is 369 g/mol. The molecule has 0 aliphatic carbocycles. The van der Waals surface area contributed by atoms with Crippen LogP contribution in [0.5, 0.6) is 5.88 Å². The molecule has 25 heavy (non-hydrogen) atoms. The van der Waals surface area contributed by atoms with Gasteiger partial charge in [0.05, 0.1) is 25.0 Å². The Kier molecular flexibility index (Phi) is 5.26. The zero-order valence-electron chi connectivity index (χ0n) is 14.4. The van der Waals surface area contributed by atoms with Gasteiger partial charge >= 0.3 is 0 Å². The molecule has 1 amide bonds. The van der Waals surface area contributed by atoms with E-state index in [0.717, 1.165) is 0 Å². The van der Waals surface area contributed by atoms with Crippen LogP contribution in [0.25, 0.3) is 0 Å². The highest BCUT2D eigenvalue weighted by Gasteiger charge is 2.42. The zero-order chi connectivity index (χ0) is 18.0. The van der Waals surface area contributed by atoms with E-state index in [2.05, 4.69) is 4.98 Å². The highest BCUT2D eigenvalue weighted by Crippen LogP contribution is 2.26. The van der Waals surface area contributed by atoms with Gasteiger partial charge in [-0.1, -0.05) is 0 Å². The summed E-state index contributed by atoms with van der Waals surface area (Å²) in [5.41, 5.74) is 0.469. The zero-order valence-corrected chi connectivity index (χ0v) is 15.2. The highest BCUT2D eigenvalue weighted by atomic mass is 32.2. The number of aromatic nitrogens is 1. The van der Waals surface area contributed by atoms with Crippen molar-refractivity contribution in [2.75, 3.05) is 39.7 Å². The Balaban J connectivity index is 1.65. The first-order chi connectivity index (χ1) is 11.9. The molecule has 0 bridgehead atoms. The lowest BCUT2D eigenvalue weighted by molar-refractivity contribution is 0.0125. The fourth-order valence-corrected chi connectivity index (χ4v) is 4.80. The molecule has 3 rings (SSSR count). The van der Waals surface area contributed by atoms with Crippen molar-refractivity contribution in [1.29, 1.82) is 0 Å². The molecule has 0 atom stereocenters. The lowest BCUT2D eigenvalue weighted by atomic mass is 10.0. The minimum atomic E-state index is -3.34. The van der Waals surface area contributed by atoms with Crippen LogP contribution in [0.4, 0.5) is 0 Å². The monoisotopic (exact) mass is 369 g/mol. The number of methoxy groups -OCH3 is 1. The number of sulfonamides is 1. The van der Waals surface area contributed by atoms with E-state index in [1.807, 2.05) is 0 Å². The molecule has 0 radical (unpaired) electrons. The molecule has 2 aliphatic heterocycles. The van der Waals surface area contributed by atoms with Gasteiger partial charge in [-0.2, -0.15) is 4.31 Å². The van der Waals surface area contributed by atoms with Gasteiger partial charge in [-0.3, -0.25) is 4.79 Å². The Morgan fingerprint density at radius 3 is 2.48 bits per heavy atom. The summed E-state index contributed by atoms with van der Waals surface area (Å²) in [5, 5.41) is 0. The number of carbonyl (C=O) groups is 1. The van der Waals surface area contributed by atoms with Crippen LogP contribution in [-0.2, 0) is 14.8 Å². The third-order valence-electron chi connectivity index (χ3n) is 4.64. The van der Waals surface area contributed by atoms with E-state index < -0.39 is 10.0 Å². The summed E-state index contributed by atoms with van der Waals surface area (Å²) in [6, 6.07) is 3.07. The maximum atomic E-state index is 12.5. The molecule has 3 heterocycles. The van der Waals surface area contributed by atoms with E-state index >= 15 is 0 Å². The number of carbonyl (C=O) groups excluding carboxylic acids is 1. The molecule has 8 nitrogen and oxygen atoms in total. The second-order valence-corrected chi connectivity index (χ2v) is 8.28. The second kappa shape index (κ2) is 7.27. The van der Waals surface area contributed by atoms with Crippen molar-refractivity contribution >= 4 is 15.9 Å². The SMILES string of the molecule is COc1ccc(C(=O)N2CC(N(C3CCOCC3)S(C)(=O)=O)C2)cn1. The predicted molar refractivity (Wildman–Crippen MR) is 91.0 cm³/mol. The van der Waals surface area contributed by atoms with Crippen LogP contribution in [0.2, 0.25) is 0 Å². The standard InChI is InChI=1S/C16H23N3O5S/c1-23-15-4-3-12(9-17-15)16(20)18-10-14(11-18)19(25(2,21)22)13-5-7-24-8-6-13/h3-4,9,13-14H,5-8,10-11H2,1-2H3. The van der Waals surface area contributed by atoms with Gasteiger partial charge < -0.3 is 14.4 Å². The van der Waals surface area contributed by atoms with Crippen LogP contribution in [-0.4, -0.2) is 80.3 Å². The van der Waals surface area contributed by atoms with Gasteiger partial charge in [0.1, 0.15) is 0 Å². The smallest absolute Gasteiger partial charge is 0.255 e. The van der Waals surface area contributed by atoms with Crippen molar-refractivity contribution in [2.45, 2.75) is 24.9 Å². The van der Waals surface area contributed by atoms with Gasteiger partial charge in [-0.25, -0.2) is 13.4 Å². The van der Waals surface area contributed by atoms with Crippen LogP contribution < -0.4 is 4.74 Å². The lowest BCUT2D eigenvalue weighted by Gasteiger charge is -2.47. The van der Waals surface area contributed by atoms with Crippen LogP contribution >= 0.6 is 0 Å². The Morgan fingerprint density at radius 1 is 1.28 bits per heavy atom. The molecule has 1 aromatic rings. The lowest BCUT2D eigenvalue weighted by Crippen LogP contribution is -2.64. The average Bonchev–Trinajstić information content (AvgIpc) is 2.57. The van der Waals surface area contributed by atoms with Crippen LogP contribution in [0.3, 0.4) is 0 Å². The Labute approximate surface area is 147 Å². The number of nitrogens with zero attached hydrogens (tertiary/aromatic N) is 3. The summed E-state index contributed by atoms with van der Waals surface area (Å²) >= 11 is 0. The number of hydrogen-bond donors (Lipinski definition) is 0.